The maximum Gasteiger partial charge on any atom is 0.347 e. The van der Waals surface area contributed by atoms with Crippen molar-refractivity contribution in [1.29, 1.82) is 0 Å². The summed E-state index contributed by atoms with van der Waals surface area (Å²) in [5, 5.41) is 0. The fourth-order valence-corrected chi connectivity index (χ4v) is 4.29. The Bertz CT molecular complexity index is 664. The van der Waals surface area contributed by atoms with Gasteiger partial charge >= 0.3 is 5.97 Å². The number of benzene rings is 1. The molecule has 0 bridgehead atoms. The lowest BCUT2D eigenvalue weighted by Gasteiger charge is -2.15. The van der Waals surface area contributed by atoms with Crippen molar-refractivity contribution < 1.29 is 22.7 Å². The number of sulfonamides is 1. The van der Waals surface area contributed by atoms with Crippen LogP contribution in [0, 0.1) is 0 Å². The van der Waals surface area contributed by atoms with Crippen molar-refractivity contribution in [2.45, 2.75) is 30.3 Å². The fraction of sp³-hybridized carbons (Fsp3) is 0.500. The predicted molar refractivity (Wildman–Crippen MR) is 74.6 cm³/mol. The summed E-state index contributed by atoms with van der Waals surface area (Å²) in [6.45, 7) is 1.14. The minimum absolute atomic E-state index is 0.261. The molecule has 0 N–H and O–H groups in total. The summed E-state index contributed by atoms with van der Waals surface area (Å²) in [6.07, 6.45) is 1.45. The number of carbonyl (C=O) groups excluding carboxylic acids is 1. The standard InChI is InChI=1S/C14H17NO5S/c1-19-14(16)13-9-10-8-11(4-5-12(10)20-13)21(17,18)15-6-2-3-7-15/h4-5,8,13H,2-3,6-7,9H2,1H3/t13-/m1/s1. The average Bonchev–Trinajstić information content (AvgIpc) is 3.14. The van der Waals surface area contributed by atoms with E-state index in [-0.39, 0.29) is 4.90 Å². The summed E-state index contributed by atoms with van der Waals surface area (Å²) in [4.78, 5) is 11.8. The van der Waals surface area contributed by atoms with Crippen molar-refractivity contribution in [3.8, 4) is 5.75 Å². The molecular weight excluding hydrogens is 294 g/mol. The molecule has 114 valence electrons. The third kappa shape index (κ3) is 2.51. The Kier molecular flexibility index (Phi) is 3.62. The predicted octanol–water partition coefficient (Wildman–Crippen LogP) is 0.948. The topological polar surface area (TPSA) is 72.9 Å². The van der Waals surface area contributed by atoms with E-state index in [0.29, 0.717) is 25.3 Å². The molecule has 1 atom stereocenters. The summed E-state index contributed by atoms with van der Waals surface area (Å²) in [7, 11) is -2.14. The SMILES string of the molecule is COC(=O)[C@H]1Cc2cc(S(=O)(=O)N3CCCC3)ccc2O1. The van der Waals surface area contributed by atoms with E-state index in [0.717, 1.165) is 18.4 Å². The van der Waals surface area contributed by atoms with Gasteiger partial charge in [-0.25, -0.2) is 13.2 Å². The molecule has 0 aliphatic carbocycles. The first kappa shape index (κ1) is 14.3. The van der Waals surface area contributed by atoms with E-state index < -0.39 is 22.1 Å². The Balaban J connectivity index is 1.87. The molecule has 2 heterocycles. The van der Waals surface area contributed by atoms with Crippen LogP contribution < -0.4 is 4.74 Å². The van der Waals surface area contributed by atoms with Gasteiger partial charge in [0.2, 0.25) is 10.0 Å². The second-order valence-corrected chi connectivity index (χ2v) is 7.15. The second-order valence-electron chi connectivity index (χ2n) is 5.21. The quantitative estimate of drug-likeness (QED) is 0.777. The molecule has 0 saturated carbocycles. The zero-order valence-corrected chi connectivity index (χ0v) is 12.6. The molecule has 0 unspecified atom stereocenters. The van der Waals surface area contributed by atoms with E-state index in [9.17, 15) is 13.2 Å². The molecule has 0 aromatic heterocycles. The smallest absolute Gasteiger partial charge is 0.347 e. The highest BCUT2D eigenvalue weighted by atomic mass is 32.2. The molecule has 2 aliphatic heterocycles. The van der Waals surface area contributed by atoms with E-state index in [1.807, 2.05) is 0 Å². The zero-order chi connectivity index (χ0) is 15.0. The van der Waals surface area contributed by atoms with Gasteiger partial charge in [-0.3, -0.25) is 0 Å². The van der Waals surface area contributed by atoms with Crippen LogP contribution in [0.5, 0.6) is 5.75 Å². The summed E-state index contributed by atoms with van der Waals surface area (Å²) in [5.41, 5.74) is 0.727. The first-order valence-electron chi connectivity index (χ1n) is 6.90. The van der Waals surface area contributed by atoms with Gasteiger partial charge in [-0.15, -0.1) is 0 Å². The highest BCUT2D eigenvalue weighted by molar-refractivity contribution is 7.89. The van der Waals surface area contributed by atoms with Gasteiger partial charge in [0.1, 0.15) is 5.75 Å². The van der Waals surface area contributed by atoms with Crippen molar-refractivity contribution in [2.75, 3.05) is 20.2 Å². The van der Waals surface area contributed by atoms with Crippen LogP contribution in [-0.2, 0) is 26.0 Å². The van der Waals surface area contributed by atoms with E-state index in [2.05, 4.69) is 4.74 Å². The molecule has 0 amide bonds. The second kappa shape index (κ2) is 5.31. The zero-order valence-electron chi connectivity index (χ0n) is 11.7. The molecular formula is C14H17NO5S. The minimum Gasteiger partial charge on any atom is -0.478 e. The van der Waals surface area contributed by atoms with Crippen LogP contribution in [0.3, 0.4) is 0 Å². The van der Waals surface area contributed by atoms with Crippen LogP contribution in [0.4, 0.5) is 0 Å². The van der Waals surface area contributed by atoms with Crippen LogP contribution in [0.25, 0.3) is 0 Å². The number of methoxy groups -OCH3 is 1. The van der Waals surface area contributed by atoms with Crippen LogP contribution in [0.15, 0.2) is 23.1 Å². The minimum atomic E-state index is -3.44. The number of carbonyl (C=O) groups is 1. The molecule has 0 radical (unpaired) electrons. The van der Waals surface area contributed by atoms with Crippen LogP contribution in [0.2, 0.25) is 0 Å². The summed E-state index contributed by atoms with van der Waals surface area (Å²) >= 11 is 0. The largest absolute Gasteiger partial charge is 0.478 e. The summed E-state index contributed by atoms with van der Waals surface area (Å²) in [5.74, 6) is 0.0981. The molecule has 1 aromatic carbocycles. The number of hydrogen-bond acceptors (Lipinski definition) is 5. The van der Waals surface area contributed by atoms with E-state index in [1.54, 1.807) is 12.1 Å². The van der Waals surface area contributed by atoms with Crippen molar-refractivity contribution >= 4 is 16.0 Å². The number of nitrogens with zero attached hydrogens (tertiary/aromatic N) is 1. The molecule has 1 aromatic rings. The molecule has 7 heteroatoms. The monoisotopic (exact) mass is 311 g/mol. The molecule has 6 nitrogen and oxygen atoms in total. The molecule has 3 rings (SSSR count). The van der Waals surface area contributed by atoms with Gasteiger partial charge in [-0.2, -0.15) is 4.31 Å². The van der Waals surface area contributed by atoms with Crippen molar-refractivity contribution in [2.24, 2.45) is 0 Å². The van der Waals surface area contributed by atoms with Crippen molar-refractivity contribution in [3.05, 3.63) is 23.8 Å². The highest BCUT2D eigenvalue weighted by Gasteiger charge is 2.33. The van der Waals surface area contributed by atoms with Crippen LogP contribution in [-0.4, -0.2) is 45.0 Å². The third-order valence-electron chi connectivity index (χ3n) is 3.87. The summed E-state index contributed by atoms with van der Waals surface area (Å²) in [6, 6.07) is 4.75. The number of fused-ring (bicyclic) bond motifs is 1. The number of hydrogen-bond donors (Lipinski definition) is 0. The highest BCUT2D eigenvalue weighted by Crippen LogP contribution is 2.32. The van der Waals surface area contributed by atoms with Crippen LogP contribution in [0.1, 0.15) is 18.4 Å². The fourth-order valence-electron chi connectivity index (χ4n) is 2.73. The molecule has 0 spiro atoms. The van der Waals surface area contributed by atoms with Gasteiger partial charge in [-0.1, -0.05) is 0 Å². The van der Waals surface area contributed by atoms with E-state index in [4.69, 9.17) is 4.74 Å². The molecule has 2 aliphatic rings. The lowest BCUT2D eigenvalue weighted by Crippen LogP contribution is -2.27. The van der Waals surface area contributed by atoms with Crippen molar-refractivity contribution in [1.82, 2.24) is 4.31 Å². The van der Waals surface area contributed by atoms with Gasteiger partial charge in [-0.05, 0) is 36.6 Å². The normalized spacial score (nSPS) is 21.9. The Morgan fingerprint density at radius 3 is 2.71 bits per heavy atom. The van der Waals surface area contributed by atoms with Gasteiger partial charge in [0.05, 0.1) is 12.0 Å². The lowest BCUT2D eigenvalue weighted by atomic mass is 10.1. The Morgan fingerprint density at radius 2 is 2.05 bits per heavy atom. The van der Waals surface area contributed by atoms with Crippen LogP contribution >= 0.6 is 0 Å². The Labute approximate surface area is 123 Å². The Morgan fingerprint density at radius 1 is 1.33 bits per heavy atom. The molecule has 1 saturated heterocycles. The van der Waals surface area contributed by atoms with Gasteiger partial charge in [0, 0.05) is 19.5 Å². The number of esters is 1. The number of ether oxygens (including phenoxy) is 2. The van der Waals surface area contributed by atoms with Gasteiger partial charge in [0.15, 0.2) is 6.10 Å². The first-order chi connectivity index (χ1) is 10.0. The molecule has 1 fully saturated rings. The van der Waals surface area contributed by atoms with Crippen molar-refractivity contribution in [3.63, 3.8) is 0 Å². The lowest BCUT2D eigenvalue weighted by molar-refractivity contribution is -0.147. The van der Waals surface area contributed by atoms with E-state index >= 15 is 0 Å². The average molecular weight is 311 g/mol. The maximum atomic E-state index is 12.5. The number of rotatable bonds is 3. The van der Waals surface area contributed by atoms with E-state index in [1.165, 1.54) is 17.5 Å². The Hall–Kier alpha value is -1.60. The first-order valence-corrected chi connectivity index (χ1v) is 8.34. The summed E-state index contributed by atoms with van der Waals surface area (Å²) < 4.78 is 36.6. The maximum absolute atomic E-state index is 12.5. The molecule has 21 heavy (non-hydrogen) atoms. The third-order valence-corrected chi connectivity index (χ3v) is 5.77. The van der Waals surface area contributed by atoms with Gasteiger partial charge < -0.3 is 9.47 Å². The van der Waals surface area contributed by atoms with Gasteiger partial charge in [0.25, 0.3) is 0 Å².